The molecular weight excluding hydrogens is 262 g/mol. The summed E-state index contributed by atoms with van der Waals surface area (Å²) in [5, 5.41) is 12.1. The molecule has 0 bridgehead atoms. The number of hydrogen-bond acceptors (Lipinski definition) is 6. The summed E-state index contributed by atoms with van der Waals surface area (Å²) in [5.41, 5.74) is 5.52. The molecule has 9 heteroatoms. The number of carbonyl (C=O) groups is 4. The molecule has 100 valence electrons. The molecule has 8 nitrogen and oxygen atoms in total. The van der Waals surface area contributed by atoms with Crippen LogP contribution in [0, 0.1) is 0 Å². The highest BCUT2D eigenvalue weighted by Crippen LogP contribution is 2.19. The zero-order valence-electron chi connectivity index (χ0n) is 9.34. The van der Waals surface area contributed by atoms with E-state index in [2.05, 4.69) is 10.6 Å². The Balaban J connectivity index is 2.30. The van der Waals surface area contributed by atoms with Crippen LogP contribution in [0.15, 0.2) is 0 Å². The second-order valence-corrected chi connectivity index (χ2v) is 4.89. The normalized spacial score (nSPS) is 20.4. The molecular formula is C9H13N3O5S. The SMILES string of the molecule is N[C@@H](CSC1CC(=O)NC1=O)C(=O)NCC(=O)O. The molecule has 1 saturated heterocycles. The third-order valence-electron chi connectivity index (χ3n) is 2.15. The average Bonchev–Trinajstić information content (AvgIpc) is 2.61. The van der Waals surface area contributed by atoms with Gasteiger partial charge in [-0.3, -0.25) is 24.5 Å². The van der Waals surface area contributed by atoms with E-state index in [0.29, 0.717) is 0 Å². The molecule has 0 aliphatic carbocycles. The molecule has 3 amide bonds. The number of carboxylic acids is 1. The molecule has 0 radical (unpaired) electrons. The number of rotatable bonds is 6. The van der Waals surface area contributed by atoms with Gasteiger partial charge in [0.15, 0.2) is 0 Å². The van der Waals surface area contributed by atoms with Gasteiger partial charge in [0, 0.05) is 12.2 Å². The first-order chi connectivity index (χ1) is 8.40. The van der Waals surface area contributed by atoms with Crippen LogP contribution in [0.2, 0.25) is 0 Å². The molecule has 1 aliphatic heterocycles. The van der Waals surface area contributed by atoms with Gasteiger partial charge >= 0.3 is 5.97 Å². The Kier molecular flexibility index (Phi) is 5.10. The van der Waals surface area contributed by atoms with Crippen molar-refractivity contribution in [3.05, 3.63) is 0 Å². The lowest BCUT2D eigenvalue weighted by Gasteiger charge is -2.12. The van der Waals surface area contributed by atoms with E-state index in [1.807, 2.05) is 0 Å². The fraction of sp³-hybridized carbons (Fsp3) is 0.556. The van der Waals surface area contributed by atoms with Gasteiger partial charge in [0.25, 0.3) is 0 Å². The third-order valence-corrected chi connectivity index (χ3v) is 3.49. The monoisotopic (exact) mass is 275 g/mol. The molecule has 0 spiro atoms. The zero-order chi connectivity index (χ0) is 13.7. The van der Waals surface area contributed by atoms with Crippen molar-refractivity contribution in [1.82, 2.24) is 10.6 Å². The predicted octanol–water partition coefficient (Wildman–Crippen LogP) is -2.34. The Hall–Kier alpha value is -1.61. The molecule has 1 fully saturated rings. The molecule has 0 aromatic heterocycles. The van der Waals surface area contributed by atoms with Crippen molar-refractivity contribution in [2.45, 2.75) is 17.7 Å². The standard InChI is InChI=1S/C9H13N3O5S/c10-4(8(16)11-2-7(14)15)3-18-5-1-6(13)12-9(5)17/h4-5H,1-3,10H2,(H,11,16)(H,14,15)(H,12,13,17)/t4-,5?/m0/s1. The van der Waals surface area contributed by atoms with E-state index in [1.165, 1.54) is 0 Å². The van der Waals surface area contributed by atoms with E-state index < -0.39 is 29.7 Å². The van der Waals surface area contributed by atoms with Crippen LogP contribution < -0.4 is 16.4 Å². The maximum atomic E-state index is 11.3. The first-order valence-electron chi connectivity index (χ1n) is 5.10. The summed E-state index contributed by atoms with van der Waals surface area (Å²) in [6, 6.07) is -0.919. The van der Waals surface area contributed by atoms with Crippen LogP contribution in [-0.2, 0) is 19.2 Å². The van der Waals surface area contributed by atoms with Crippen molar-refractivity contribution in [3.8, 4) is 0 Å². The predicted molar refractivity (Wildman–Crippen MR) is 62.6 cm³/mol. The quantitative estimate of drug-likeness (QED) is 0.398. The van der Waals surface area contributed by atoms with Crippen molar-refractivity contribution in [2.75, 3.05) is 12.3 Å². The number of nitrogens with two attached hydrogens (primary N) is 1. The second kappa shape index (κ2) is 6.36. The minimum Gasteiger partial charge on any atom is -0.480 e. The van der Waals surface area contributed by atoms with Crippen molar-refractivity contribution in [2.24, 2.45) is 5.73 Å². The smallest absolute Gasteiger partial charge is 0.322 e. The lowest BCUT2D eigenvalue weighted by atomic mass is 10.3. The van der Waals surface area contributed by atoms with Crippen LogP contribution in [-0.4, -0.2) is 52.4 Å². The van der Waals surface area contributed by atoms with Gasteiger partial charge in [-0.25, -0.2) is 0 Å². The van der Waals surface area contributed by atoms with Gasteiger partial charge in [0.2, 0.25) is 17.7 Å². The Labute approximate surface area is 107 Å². The van der Waals surface area contributed by atoms with Crippen molar-refractivity contribution < 1.29 is 24.3 Å². The number of amides is 3. The summed E-state index contributed by atoms with van der Waals surface area (Å²) in [4.78, 5) is 43.6. The largest absolute Gasteiger partial charge is 0.480 e. The van der Waals surface area contributed by atoms with Gasteiger partial charge in [-0.2, -0.15) is 0 Å². The maximum absolute atomic E-state index is 11.3. The molecule has 5 N–H and O–H groups in total. The topological polar surface area (TPSA) is 139 Å². The highest BCUT2D eigenvalue weighted by Gasteiger charge is 2.31. The van der Waals surface area contributed by atoms with E-state index in [9.17, 15) is 19.2 Å². The van der Waals surface area contributed by atoms with E-state index in [4.69, 9.17) is 10.8 Å². The maximum Gasteiger partial charge on any atom is 0.322 e. The molecule has 0 aromatic rings. The van der Waals surface area contributed by atoms with Crippen LogP contribution >= 0.6 is 11.8 Å². The number of hydrogen-bond donors (Lipinski definition) is 4. The summed E-state index contributed by atoms with van der Waals surface area (Å²) in [6.07, 6.45) is 0.0764. The number of carbonyl (C=O) groups excluding carboxylic acids is 3. The van der Waals surface area contributed by atoms with Crippen LogP contribution in [0.5, 0.6) is 0 Å². The molecule has 1 aliphatic rings. The minimum atomic E-state index is -1.16. The van der Waals surface area contributed by atoms with Crippen molar-refractivity contribution in [1.29, 1.82) is 0 Å². The number of thioether (sulfide) groups is 1. The average molecular weight is 275 g/mol. The highest BCUT2D eigenvalue weighted by atomic mass is 32.2. The first kappa shape index (κ1) is 14.5. The summed E-state index contributed by atoms with van der Waals surface area (Å²) in [6.45, 7) is -0.500. The van der Waals surface area contributed by atoms with Crippen LogP contribution in [0.25, 0.3) is 0 Å². The Morgan fingerprint density at radius 2 is 2.22 bits per heavy atom. The molecule has 18 heavy (non-hydrogen) atoms. The van der Waals surface area contributed by atoms with Gasteiger partial charge in [0.05, 0.1) is 11.3 Å². The zero-order valence-corrected chi connectivity index (χ0v) is 10.2. The van der Waals surface area contributed by atoms with Gasteiger partial charge in [-0.15, -0.1) is 11.8 Å². The first-order valence-corrected chi connectivity index (χ1v) is 6.15. The van der Waals surface area contributed by atoms with E-state index >= 15 is 0 Å². The number of nitrogens with one attached hydrogen (secondary N) is 2. The number of carboxylic acid groups (broad SMARTS) is 1. The third kappa shape index (κ3) is 4.34. The Morgan fingerprint density at radius 3 is 2.72 bits per heavy atom. The highest BCUT2D eigenvalue weighted by molar-refractivity contribution is 8.00. The summed E-state index contributed by atoms with van der Waals surface area (Å²) in [5.74, 6) is -2.36. The summed E-state index contributed by atoms with van der Waals surface area (Å²) in [7, 11) is 0. The van der Waals surface area contributed by atoms with Gasteiger partial charge < -0.3 is 16.2 Å². The lowest BCUT2D eigenvalue weighted by molar-refractivity contribution is -0.138. The van der Waals surface area contributed by atoms with Crippen LogP contribution in [0.1, 0.15) is 6.42 Å². The molecule has 1 heterocycles. The Morgan fingerprint density at radius 1 is 1.56 bits per heavy atom. The van der Waals surface area contributed by atoms with Gasteiger partial charge in [0.1, 0.15) is 6.54 Å². The van der Waals surface area contributed by atoms with E-state index in [0.717, 1.165) is 11.8 Å². The summed E-state index contributed by atoms with van der Waals surface area (Å²) >= 11 is 1.10. The van der Waals surface area contributed by atoms with Gasteiger partial charge in [-0.1, -0.05) is 0 Å². The molecule has 0 aromatic carbocycles. The molecule has 1 rings (SSSR count). The fourth-order valence-corrected chi connectivity index (χ4v) is 2.32. The van der Waals surface area contributed by atoms with Crippen LogP contribution in [0.4, 0.5) is 0 Å². The molecule has 0 saturated carbocycles. The van der Waals surface area contributed by atoms with Crippen LogP contribution in [0.3, 0.4) is 0 Å². The molecule has 2 atom stereocenters. The number of aliphatic carboxylic acids is 1. The van der Waals surface area contributed by atoms with E-state index in [1.54, 1.807) is 0 Å². The van der Waals surface area contributed by atoms with E-state index in [-0.39, 0.29) is 24.0 Å². The Bertz CT molecular complexity index is 386. The number of imide groups is 1. The fourth-order valence-electron chi connectivity index (χ4n) is 1.25. The minimum absolute atomic E-state index is 0.0764. The molecule has 1 unspecified atom stereocenters. The second-order valence-electron chi connectivity index (χ2n) is 3.66. The summed E-state index contributed by atoms with van der Waals surface area (Å²) < 4.78 is 0. The van der Waals surface area contributed by atoms with Crippen molar-refractivity contribution in [3.63, 3.8) is 0 Å². The van der Waals surface area contributed by atoms with Gasteiger partial charge in [-0.05, 0) is 0 Å². The van der Waals surface area contributed by atoms with Crippen molar-refractivity contribution >= 4 is 35.5 Å². The lowest BCUT2D eigenvalue weighted by Crippen LogP contribution is -2.44.